The smallest absolute Gasteiger partial charge is 0.331 e. The van der Waals surface area contributed by atoms with Crippen molar-refractivity contribution in [2.45, 2.75) is 32.7 Å². The molecule has 0 saturated heterocycles. The van der Waals surface area contributed by atoms with Gasteiger partial charge in [-0.15, -0.1) is 0 Å². The second-order valence-corrected chi connectivity index (χ2v) is 3.43. The van der Waals surface area contributed by atoms with Gasteiger partial charge >= 0.3 is 5.97 Å². The molecule has 0 fully saturated rings. The first-order valence-corrected chi connectivity index (χ1v) is 3.84. The minimum Gasteiger partial charge on any atom is -0.480 e. The number of ketones is 1. The van der Waals surface area contributed by atoms with Crippen molar-refractivity contribution in [2.24, 2.45) is 11.7 Å². The Morgan fingerprint density at radius 1 is 1.50 bits per heavy atom. The Labute approximate surface area is 71.8 Å². The first-order valence-electron chi connectivity index (χ1n) is 3.84. The van der Waals surface area contributed by atoms with Gasteiger partial charge in [0.25, 0.3) is 0 Å². The van der Waals surface area contributed by atoms with Crippen molar-refractivity contribution in [3.05, 3.63) is 0 Å². The largest absolute Gasteiger partial charge is 0.480 e. The molecule has 0 amide bonds. The van der Waals surface area contributed by atoms with E-state index in [4.69, 9.17) is 10.8 Å². The van der Waals surface area contributed by atoms with Crippen molar-refractivity contribution >= 4 is 11.8 Å². The number of nitrogens with two attached hydrogens (primary N) is 1. The van der Waals surface area contributed by atoms with Crippen LogP contribution >= 0.6 is 0 Å². The van der Waals surface area contributed by atoms with E-state index in [0.29, 0.717) is 0 Å². The molecule has 0 aromatic heterocycles. The Bertz CT molecular complexity index is 184. The average Bonchev–Trinajstić information content (AvgIpc) is 1.84. The zero-order valence-electron chi connectivity index (χ0n) is 7.63. The van der Waals surface area contributed by atoms with Crippen molar-refractivity contribution in [3.63, 3.8) is 0 Å². The number of carboxylic acids is 1. The fourth-order valence-electron chi connectivity index (χ4n) is 1.03. The van der Waals surface area contributed by atoms with Crippen LogP contribution in [0, 0.1) is 5.92 Å². The molecule has 0 spiro atoms. The van der Waals surface area contributed by atoms with E-state index in [2.05, 4.69) is 0 Å². The van der Waals surface area contributed by atoms with Gasteiger partial charge in [-0.25, -0.2) is 4.79 Å². The maximum Gasteiger partial charge on any atom is 0.331 e. The molecule has 12 heavy (non-hydrogen) atoms. The molecule has 0 saturated carbocycles. The van der Waals surface area contributed by atoms with Crippen LogP contribution < -0.4 is 5.73 Å². The minimum absolute atomic E-state index is 0.0926. The van der Waals surface area contributed by atoms with Crippen molar-refractivity contribution in [1.29, 1.82) is 0 Å². The molecule has 3 N–H and O–H groups in total. The minimum atomic E-state index is -1.70. The van der Waals surface area contributed by atoms with Gasteiger partial charge in [0.15, 0.2) is 11.3 Å². The molecule has 0 heterocycles. The standard InChI is InChI=1S/C8H15NO3/c1-5(2)4-8(9,6(3)10)7(11)12/h5H,4,9H2,1-3H3,(H,11,12). The van der Waals surface area contributed by atoms with Crippen molar-refractivity contribution < 1.29 is 14.7 Å². The number of hydrogen-bond acceptors (Lipinski definition) is 3. The number of rotatable bonds is 4. The summed E-state index contributed by atoms with van der Waals surface area (Å²) in [5, 5.41) is 8.71. The number of carbonyl (C=O) groups is 2. The molecule has 0 aromatic rings. The van der Waals surface area contributed by atoms with Gasteiger partial charge in [-0.1, -0.05) is 13.8 Å². The summed E-state index contributed by atoms with van der Waals surface area (Å²) in [5.74, 6) is -1.65. The topological polar surface area (TPSA) is 80.4 Å². The molecular weight excluding hydrogens is 158 g/mol. The van der Waals surface area contributed by atoms with E-state index < -0.39 is 17.3 Å². The first-order chi connectivity index (χ1) is 5.30. The summed E-state index contributed by atoms with van der Waals surface area (Å²) in [4.78, 5) is 21.6. The Hall–Kier alpha value is -0.900. The molecule has 0 bridgehead atoms. The number of carbonyl (C=O) groups excluding carboxylic acids is 1. The maximum absolute atomic E-state index is 10.9. The average molecular weight is 173 g/mol. The molecule has 4 nitrogen and oxygen atoms in total. The predicted molar refractivity (Wildman–Crippen MR) is 44.7 cm³/mol. The number of Topliss-reactive ketones (excluding diaryl/α,β-unsaturated/α-hetero) is 1. The van der Waals surface area contributed by atoms with Crippen LogP contribution in [0.5, 0.6) is 0 Å². The predicted octanol–water partition coefficient (Wildman–Crippen LogP) is 0.404. The Kier molecular flexibility index (Phi) is 3.39. The maximum atomic E-state index is 10.9. The van der Waals surface area contributed by atoms with Crippen LogP contribution in [0.3, 0.4) is 0 Å². The van der Waals surface area contributed by atoms with Crippen LogP contribution in [0.25, 0.3) is 0 Å². The number of carboxylic acid groups (broad SMARTS) is 1. The lowest BCUT2D eigenvalue weighted by atomic mass is 9.87. The quantitative estimate of drug-likeness (QED) is 0.603. The monoisotopic (exact) mass is 173 g/mol. The number of aliphatic carboxylic acids is 1. The van der Waals surface area contributed by atoms with Gasteiger partial charge in [0.05, 0.1) is 0 Å². The highest BCUT2D eigenvalue weighted by molar-refractivity contribution is 6.06. The van der Waals surface area contributed by atoms with Crippen molar-refractivity contribution in [1.82, 2.24) is 0 Å². The Morgan fingerprint density at radius 2 is 1.92 bits per heavy atom. The van der Waals surface area contributed by atoms with E-state index in [1.165, 1.54) is 6.92 Å². The van der Waals surface area contributed by atoms with E-state index >= 15 is 0 Å². The molecule has 0 rings (SSSR count). The summed E-state index contributed by atoms with van der Waals surface area (Å²) < 4.78 is 0. The summed E-state index contributed by atoms with van der Waals surface area (Å²) in [6, 6.07) is 0. The highest BCUT2D eigenvalue weighted by atomic mass is 16.4. The molecule has 0 radical (unpaired) electrons. The molecule has 4 heteroatoms. The second-order valence-electron chi connectivity index (χ2n) is 3.43. The lowest BCUT2D eigenvalue weighted by molar-refractivity contribution is -0.148. The molecule has 0 aliphatic heterocycles. The van der Waals surface area contributed by atoms with Crippen LogP contribution in [0.15, 0.2) is 0 Å². The van der Waals surface area contributed by atoms with Crippen LogP contribution in [0.2, 0.25) is 0 Å². The van der Waals surface area contributed by atoms with E-state index in [1.807, 2.05) is 13.8 Å². The van der Waals surface area contributed by atoms with Gasteiger partial charge in [0.1, 0.15) is 0 Å². The molecule has 1 unspecified atom stereocenters. The zero-order chi connectivity index (χ0) is 9.94. The molecule has 0 aliphatic carbocycles. The van der Waals surface area contributed by atoms with Crippen molar-refractivity contribution in [2.75, 3.05) is 0 Å². The third kappa shape index (κ3) is 2.30. The van der Waals surface area contributed by atoms with Crippen LogP contribution in [0.1, 0.15) is 27.2 Å². The number of hydrogen-bond donors (Lipinski definition) is 2. The molecule has 0 aromatic carbocycles. The SMILES string of the molecule is CC(=O)C(N)(CC(C)C)C(=O)O. The summed E-state index contributed by atoms with van der Waals surface area (Å²) in [5.41, 5.74) is 3.74. The normalized spacial score (nSPS) is 15.8. The fraction of sp³-hybridized carbons (Fsp3) is 0.750. The summed E-state index contributed by atoms with van der Waals surface area (Å²) in [6.45, 7) is 4.86. The third-order valence-electron chi connectivity index (χ3n) is 1.74. The van der Waals surface area contributed by atoms with Crippen molar-refractivity contribution in [3.8, 4) is 0 Å². The highest BCUT2D eigenvalue weighted by Gasteiger charge is 2.39. The summed E-state index contributed by atoms with van der Waals surface area (Å²) in [7, 11) is 0. The lowest BCUT2D eigenvalue weighted by Gasteiger charge is -2.23. The third-order valence-corrected chi connectivity index (χ3v) is 1.74. The molecule has 0 aliphatic rings. The lowest BCUT2D eigenvalue weighted by Crippen LogP contribution is -2.54. The van der Waals surface area contributed by atoms with Crippen LogP contribution in [-0.2, 0) is 9.59 Å². The molecule has 70 valence electrons. The van der Waals surface area contributed by atoms with Gasteiger partial charge in [-0.2, -0.15) is 0 Å². The molecule has 1 atom stereocenters. The van der Waals surface area contributed by atoms with E-state index in [-0.39, 0.29) is 12.3 Å². The molecular formula is C8H15NO3. The first kappa shape index (κ1) is 11.1. The Balaban J connectivity index is 4.63. The van der Waals surface area contributed by atoms with Gasteiger partial charge in [-0.3, -0.25) is 4.79 Å². The summed E-state index contributed by atoms with van der Waals surface area (Å²) in [6.07, 6.45) is 0.178. The van der Waals surface area contributed by atoms with E-state index in [9.17, 15) is 9.59 Å². The van der Waals surface area contributed by atoms with Gasteiger partial charge in [-0.05, 0) is 19.3 Å². The van der Waals surface area contributed by atoms with Crippen LogP contribution in [-0.4, -0.2) is 22.4 Å². The summed E-state index contributed by atoms with van der Waals surface area (Å²) >= 11 is 0. The Morgan fingerprint density at radius 3 is 2.00 bits per heavy atom. The van der Waals surface area contributed by atoms with Gasteiger partial charge < -0.3 is 10.8 Å². The van der Waals surface area contributed by atoms with Crippen LogP contribution in [0.4, 0.5) is 0 Å². The second kappa shape index (κ2) is 3.67. The van der Waals surface area contributed by atoms with E-state index in [1.54, 1.807) is 0 Å². The van der Waals surface area contributed by atoms with Gasteiger partial charge in [0.2, 0.25) is 0 Å². The van der Waals surface area contributed by atoms with E-state index in [0.717, 1.165) is 0 Å². The zero-order valence-corrected chi connectivity index (χ0v) is 7.63. The van der Waals surface area contributed by atoms with Gasteiger partial charge in [0, 0.05) is 0 Å². The fourth-order valence-corrected chi connectivity index (χ4v) is 1.03. The highest BCUT2D eigenvalue weighted by Crippen LogP contribution is 2.15.